The van der Waals surface area contributed by atoms with Crippen molar-refractivity contribution in [1.29, 1.82) is 0 Å². The normalized spacial score (nSPS) is 19.5. The van der Waals surface area contributed by atoms with Crippen LogP contribution < -0.4 is 9.47 Å². The third-order valence-corrected chi connectivity index (χ3v) is 5.48. The van der Waals surface area contributed by atoms with Crippen LogP contribution in [0.25, 0.3) is 11.3 Å². The maximum atomic E-state index is 5.71. The molecule has 5 rings (SSSR count). The van der Waals surface area contributed by atoms with Gasteiger partial charge in [-0.25, -0.2) is 0 Å². The minimum atomic E-state index is 0.246. The molecule has 4 heterocycles. The Morgan fingerprint density at radius 3 is 2.89 bits per heavy atom. The highest BCUT2D eigenvalue weighted by Crippen LogP contribution is 2.37. The lowest BCUT2D eigenvalue weighted by Crippen LogP contribution is -2.28. The molecule has 6 nitrogen and oxygen atoms in total. The van der Waals surface area contributed by atoms with Crippen LogP contribution in [0.3, 0.4) is 0 Å². The Labute approximate surface area is 164 Å². The van der Waals surface area contributed by atoms with E-state index in [9.17, 15) is 0 Å². The Hall–Kier alpha value is -2.86. The fraction of sp³-hybridized carbons (Fsp3) is 0.364. The topological polar surface area (TPSA) is 60.6 Å². The van der Waals surface area contributed by atoms with E-state index < -0.39 is 0 Å². The molecule has 2 aliphatic heterocycles. The van der Waals surface area contributed by atoms with Crippen molar-refractivity contribution in [2.45, 2.75) is 38.3 Å². The largest absolute Gasteiger partial charge is 0.454 e. The molecular formula is C22H23N3O3. The molecule has 0 N–H and O–H groups in total. The van der Waals surface area contributed by atoms with Gasteiger partial charge in [0.2, 0.25) is 6.79 Å². The van der Waals surface area contributed by atoms with Gasteiger partial charge in [0.15, 0.2) is 17.3 Å². The predicted octanol–water partition coefficient (Wildman–Crippen LogP) is 4.58. The molecule has 0 radical (unpaired) electrons. The lowest BCUT2D eigenvalue weighted by atomic mass is 10.0. The van der Waals surface area contributed by atoms with Crippen molar-refractivity contribution in [2.75, 3.05) is 13.3 Å². The number of pyridine rings is 1. The Kier molecular flexibility index (Phi) is 4.71. The number of aromatic nitrogens is 2. The first-order valence-electron chi connectivity index (χ1n) is 9.87. The monoisotopic (exact) mass is 377 g/mol. The maximum Gasteiger partial charge on any atom is 0.231 e. The van der Waals surface area contributed by atoms with Crippen LogP contribution in [-0.4, -0.2) is 28.4 Å². The minimum absolute atomic E-state index is 0.246. The van der Waals surface area contributed by atoms with Gasteiger partial charge in [0.1, 0.15) is 5.69 Å². The quantitative estimate of drug-likeness (QED) is 0.663. The lowest BCUT2D eigenvalue weighted by molar-refractivity contribution is 0.174. The van der Waals surface area contributed by atoms with Gasteiger partial charge >= 0.3 is 0 Å². The zero-order valence-electron chi connectivity index (χ0n) is 15.7. The molecule has 3 aromatic rings. The summed E-state index contributed by atoms with van der Waals surface area (Å²) in [7, 11) is 0. The third kappa shape index (κ3) is 3.47. The summed E-state index contributed by atoms with van der Waals surface area (Å²) in [5, 5.41) is 4.43. The van der Waals surface area contributed by atoms with E-state index in [2.05, 4.69) is 27.2 Å². The third-order valence-electron chi connectivity index (χ3n) is 5.48. The number of rotatable bonds is 4. The van der Waals surface area contributed by atoms with Gasteiger partial charge in [-0.15, -0.1) is 0 Å². The highest BCUT2D eigenvalue weighted by atomic mass is 16.7. The molecule has 0 saturated carbocycles. The number of nitrogens with zero attached hydrogens (tertiary/aromatic N) is 3. The second-order valence-electron chi connectivity index (χ2n) is 7.34. The molecule has 0 bridgehead atoms. The van der Waals surface area contributed by atoms with Crippen molar-refractivity contribution in [3.05, 3.63) is 60.0 Å². The van der Waals surface area contributed by atoms with E-state index in [1.165, 1.54) is 19.3 Å². The van der Waals surface area contributed by atoms with Crippen molar-refractivity contribution in [3.8, 4) is 22.8 Å². The summed E-state index contributed by atoms with van der Waals surface area (Å²) in [6, 6.07) is 14.3. The van der Waals surface area contributed by atoms with Gasteiger partial charge in [-0.2, -0.15) is 0 Å². The fourth-order valence-electron chi connectivity index (χ4n) is 4.02. The van der Waals surface area contributed by atoms with Gasteiger partial charge in [-0.3, -0.25) is 9.88 Å². The zero-order valence-corrected chi connectivity index (χ0v) is 15.7. The fourth-order valence-corrected chi connectivity index (χ4v) is 4.02. The number of hydrogen-bond acceptors (Lipinski definition) is 6. The molecule has 1 aromatic carbocycles. The number of fused-ring (bicyclic) bond motifs is 1. The van der Waals surface area contributed by atoms with Crippen LogP contribution in [0.5, 0.6) is 11.5 Å². The van der Waals surface area contributed by atoms with Crippen molar-refractivity contribution in [3.63, 3.8) is 0 Å². The summed E-state index contributed by atoms with van der Waals surface area (Å²) >= 11 is 0. The predicted molar refractivity (Wildman–Crippen MR) is 104 cm³/mol. The Morgan fingerprint density at radius 1 is 1.00 bits per heavy atom. The van der Waals surface area contributed by atoms with Crippen LogP contribution in [0.1, 0.15) is 43.1 Å². The first-order chi connectivity index (χ1) is 13.9. The van der Waals surface area contributed by atoms with Crippen LogP contribution in [0, 0.1) is 0 Å². The van der Waals surface area contributed by atoms with E-state index in [1.807, 2.05) is 36.5 Å². The molecule has 2 aromatic heterocycles. The van der Waals surface area contributed by atoms with Gasteiger partial charge in [-0.1, -0.05) is 24.1 Å². The molecule has 28 heavy (non-hydrogen) atoms. The van der Waals surface area contributed by atoms with Crippen molar-refractivity contribution >= 4 is 0 Å². The molecular weight excluding hydrogens is 354 g/mol. The summed E-state index contributed by atoms with van der Waals surface area (Å²) in [6.45, 7) is 2.15. The summed E-state index contributed by atoms with van der Waals surface area (Å²) in [6.07, 6.45) is 6.60. The van der Waals surface area contributed by atoms with Crippen molar-refractivity contribution in [2.24, 2.45) is 0 Å². The van der Waals surface area contributed by atoms with Crippen LogP contribution in [-0.2, 0) is 6.54 Å². The van der Waals surface area contributed by atoms with Gasteiger partial charge in [0.25, 0.3) is 0 Å². The van der Waals surface area contributed by atoms with Gasteiger partial charge in [-0.05, 0) is 49.7 Å². The first kappa shape index (κ1) is 17.3. The first-order valence-corrected chi connectivity index (χ1v) is 9.87. The lowest BCUT2D eigenvalue weighted by Gasteiger charge is -2.27. The van der Waals surface area contributed by atoms with E-state index in [0.717, 1.165) is 53.7 Å². The molecule has 0 unspecified atom stereocenters. The molecule has 2 aliphatic rings. The average Bonchev–Trinajstić information content (AvgIpc) is 3.35. The number of likely N-dealkylation sites (tertiary alicyclic amines) is 1. The van der Waals surface area contributed by atoms with Crippen LogP contribution in [0.4, 0.5) is 0 Å². The number of ether oxygens (including phenoxy) is 2. The van der Waals surface area contributed by atoms with Crippen LogP contribution in [0.15, 0.2) is 53.2 Å². The number of benzene rings is 1. The van der Waals surface area contributed by atoms with Crippen molar-refractivity contribution in [1.82, 2.24) is 15.0 Å². The van der Waals surface area contributed by atoms with Crippen molar-refractivity contribution < 1.29 is 14.0 Å². The van der Waals surface area contributed by atoms with E-state index in [-0.39, 0.29) is 12.8 Å². The molecule has 1 atom stereocenters. The van der Waals surface area contributed by atoms with Crippen LogP contribution in [0.2, 0.25) is 0 Å². The zero-order chi connectivity index (χ0) is 18.8. The molecule has 1 saturated heterocycles. The standard InChI is InChI=1S/C22H23N3O3/c1-2-7-19(25(11-5-1)14-17-6-3-4-10-23-17)18-13-21(28-24-18)16-8-9-20-22(12-16)27-15-26-20/h3-4,6,8-10,12-13,19H,1-2,5,7,11,14-15H2/t19-/m0/s1. The summed E-state index contributed by atoms with van der Waals surface area (Å²) in [4.78, 5) is 6.99. The van der Waals surface area contributed by atoms with E-state index >= 15 is 0 Å². The highest BCUT2D eigenvalue weighted by Gasteiger charge is 2.26. The molecule has 1 fully saturated rings. The second kappa shape index (κ2) is 7.64. The van der Waals surface area contributed by atoms with Gasteiger partial charge in [0.05, 0.1) is 11.7 Å². The molecule has 6 heteroatoms. The highest BCUT2D eigenvalue weighted by molar-refractivity contribution is 5.63. The summed E-state index contributed by atoms with van der Waals surface area (Å²) in [5.41, 5.74) is 3.03. The molecule has 0 amide bonds. The smallest absolute Gasteiger partial charge is 0.231 e. The average molecular weight is 377 g/mol. The summed E-state index contributed by atoms with van der Waals surface area (Å²) in [5.74, 6) is 2.28. The molecule has 144 valence electrons. The van der Waals surface area contributed by atoms with E-state index in [1.54, 1.807) is 0 Å². The maximum absolute atomic E-state index is 5.71. The summed E-state index contributed by atoms with van der Waals surface area (Å²) < 4.78 is 16.6. The second-order valence-corrected chi connectivity index (χ2v) is 7.34. The van der Waals surface area contributed by atoms with E-state index in [4.69, 9.17) is 14.0 Å². The minimum Gasteiger partial charge on any atom is -0.454 e. The van der Waals surface area contributed by atoms with Crippen LogP contribution >= 0.6 is 0 Å². The Morgan fingerprint density at radius 2 is 1.96 bits per heavy atom. The van der Waals surface area contributed by atoms with E-state index in [0.29, 0.717) is 0 Å². The Bertz CT molecular complexity index is 941. The SMILES string of the molecule is c1ccc(CN2CCCCC[C@H]2c2cc(-c3ccc4c(c3)OCO4)on2)nc1. The molecule has 0 aliphatic carbocycles. The van der Waals surface area contributed by atoms with Gasteiger partial charge < -0.3 is 14.0 Å². The number of hydrogen-bond donors (Lipinski definition) is 0. The van der Waals surface area contributed by atoms with Gasteiger partial charge in [0, 0.05) is 24.4 Å². The molecule has 0 spiro atoms. The Balaban J connectivity index is 1.40.